The molecule has 1 aromatic carbocycles. The van der Waals surface area contributed by atoms with Gasteiger partial charge in [0.2, 0.25) is 0 Å². The van der Waals surface area contributed by atoms with Crippen molar-refractivity contribution >= 4 is 82.0 Å². The van der Waals surface area contributed by atoms with Crippen molar-refractivity contribution in [2.75, 3.05) is 12.3 Å². The summed E-state index contributed by atoms with van der Waals surface area (Å²) in [5, 5.41) is 0. The molecule has 0 saturated carbocycles. The number of nitrogens with two attached hydrogens (primary N) is 1. The number of ether oxygens (including phenoxy) is 1. The molecule has 2 N–H and O–H groups in total. The number of anilines is 1. The fourth-order valence-corrected chi connectivity index (χ4v) is 1.74. The highest BCUT2D eigenvalue weighted by atomic mass is 127. The number of hydrogen-bond acceptors (Lipinski definition) is 3. The van der Waals surface area contributed by atoms with E-state index < -0.39 is 2.14 Å². The number of carbonyl (C=O) groups is 1. The number of nitrogen functional groups attached to an aromatic ring is 1. The largest absolute Gasteiger partial charge is 0.459 e. The number of hydrogen-bond donors (Lipinski definition) is 1. The summed E-state index contributed by atoms with van der Waals surface area (Å²) in [4.78, 5) is 11.6. The van der Waals surface area contributed by atoms with Crippen LogP contribution < -0.4 is 5.73 Å². The minimum absolute atomic E-state index is 0.160. The lowest BCUT2D eigenvalue weighted by atomic mass is 10.2. The van der Waals surface area contributed by atoms with E-state index >= 15 is 0 Å². The van der Waals surface area contributed by atoms with Crippen molar-refractivity contribution in [3.63, 3.8) is 0 Å². The molecule has 7 heteroatoms. The Morgan fingerprint density at radius 2 is 2.06 bits per heavy atom. The number of rotatable bonds is 2. The van der Waals surface area contributed by atoms with E-state index in [9.17, 15) is 4.79 Å². The van der Waals surface area contributed by atoms with Crippen LogP contribution in [0.15, 0.2) is 18.2 Å². The Morgan fingerprint density at radius 1 is 1.44 bits per heavy atom. The first-order valence-corrected chi connectivity index (χ1v) is 7.54. The number of esters is 1. The molecule has 0 unspecified atom stereocenters. The summed E-state index contributed by atoms with van der Waals surface area (Å²) < 4.78 is 5.31. The van der Waals surface area contributed by atoms with Crippen LogP contribution in [0.2, 0.25) is 0 Å². The molecular formula is C9H7Br3INO2. The molecule has 0 radical (unpaired) electrons. The molecule has 0 saturated heterocycles. The number of benzene rings is 1. The molecule has 0 bridgehead atoms. The molecule has 0 fully saturated rings. The van der Waals surface area contributed by atoms with Crippen molar-refractivity contribution in [1.29, 1.82) is 0 Å². The zero-order valence-electron chi connectivity index (χ0n) is 7.84. The highest BCUT2D eigenvalue weighted by Crippen LogP contribution is 2.33. The number of halogens is 4. The Bertz CT molecular complexity index is 406. The van der Waals surface area contributed by atoms with E-state index in [0.29, 0.717) is 11.3 Å². The molecular weight excluding hydrogens is 521 g/mol. The first-order valence-electron chi connectivity index (χ1n) is 4.08. The maximum atomic E-state index is 11.6. The quantitative estimate of drug-likeness (QED) is 0.275. The molecule has 88 valence electrons. The maximum absolute atomic E-state index is 11.6. The van der Waals surface area contributed by atoms with Gasteiger partial charge in [0.05, 0.1) is 5.56 Å². The Morgan fingerprint density at radius 3 is 2.56 bits per heavy atom. The predicted octanol–water partition coefficient (Wildman–Crippen LogP) is 3.87. The third-order valence-corrected chi connectivity index (χ3v) is 3.22. The van der Waals surface area contributed by atoms with E-state index in [1.165, 1.54) is 0 Å². The van der Waals surface area contributed by atoms with Gasteiger partial charge in [0.25, 0.3) is 0 Å². The fourth-order valence-electron chi connectivity index (χ4n) is 0.885. The van der Waals surface area contributed by atoms with E-state index in [2.05, 4.69) is 70.4 Å². The van der Waals surface area contributed by atoms with Gasteiger partial charge in [-0.2, -0.15) is 0 Å². The summed E-state index contributed by atoms with van der Waals surface area (Å²) in [6, 6.07) is 5.01. The molecule has 0 amide bonds. The van der Waals surface area contributed by atoms with Crippen LogP contribution in [0.1, 0.15) is 10.4 Å². The molecule has 0 atom stereocenters. The molecule has 0 aliphatic rings. The molecule has 1 aromatic rings. The van der Waals surface area contributed by atoms with Crippen molar-refractivity contribution in [3.05, 3.63) is 27.3 Å². The fraction of sp³-hybridized carbons (Fsp3) is 0.222. The van der Waals surface area contributed by atoms with Gasteiger partial charge in [-0.1, -0.05) is 47.8 Å². The third-order valence-electron chi connectivity index (χ3n) is 1.60. The zero-order chi connectivity index (χ0) is 12.3. The van der Waals surface area contributed by atoms with Gasteiger partial charge < -0.3 is 10.5 Å². The van der Waals surface area contributed by atoms with Crippen molar-refractivity contribution < 1.29 is 9.53 Å². The number of carbonyl (C=O) groups excluding carboxylic acids is 1. The smallest absolute Gasteiger partial charge is 0.338 e. The lowest BCUT2D eigenvalue weighted by Gasteiger charge is -2.12. The van der Waals surface area contributed by atoms with E-state index in [4.69, 9.17) is 10.5 Å². The molecule has 0 aromatic heterocycles. The highest BCUT2D eigenvalue weighted by Gasteiger charge is 2.21. The van der Waals surface area contributed by atoms with Gasteiger partial charge in [0.15, 0.2) is 2.14 Å². The molecule has 16 heavy (non-hydrogen) atoms. The van der Waals surface area contributed by atoms with E-state index in [1.54, 1.807) is 18.2 Å². The number of alkyl halides is 3. The van der Waals surface area contributed by atoms with Crippen molar-refractivity contribution in [1.82, 2.24) is 0 Å². The average molecular weight is 528 g/mol. The van der Waals surface area contributed by atoms with Gasteiger partial charge in [-0.25, -0.2) is 4.79 Å². The Labute approximate surface area is 132 Å². The van der Waals surface area contributed by atoms with Gasteiger partial charge in [-0.05, 0) is 40.8 Å². The minimum Gasteiger partial charge on any atom is -0.459 e. The van der Waals surface area contributed by atoms with Crippen LogP contribution in [0.5, 0.6) is 0 Å². The molecule has 0 heterocycles. The summed E-state index contributed by atoms with van der Waals surface area (Å²) in [6.07, 6.45) is 0. The normalized spacial score (nSPS) is 11.2. The summed E-state index contributed by atoms with van der Waals surface area (Å²) in [6.45, 7) is 0.160. The lowest BCUT2D eigenvalue weighted by molar-refractivity contribution is 0.0521. The van der Waals surface area contributed by atoms with Gasteiger partial charge in [-0.3, -0.25) is 0 Å². The van der Waals surface area contributed by atoms with E-state index in [-0.39, 0.29) is 12.6 Å². The van der Waals surface area contributed by atoms with Crippen LogP contribution >= 0.6 is 70.4 Å². The Balaban J connectivity index is 2.70. The van der Waals surface area contributed by atoms with Gasteiger partial charge in [0, 0.05) is 9.26 Å². The maximum Gasteiger partial charge on any atom is 0.338 e. The predicted molar refractivity (Wildman–Crippen MR) is 83.4 cm³/mol. The Hall–Kier alpha value is 0.660. The van der Waals surface area contributed by atoms with Gasteiger partial charge >= 0.3 is 5.97 Å². The summed E-state index contributed by atoms with van der Waals surface area (Å²) >= 11 is 11.8. The molecule has 0 aliphatic carbocycles. The molecule has 0 spiro atoms. The summed E-state index contributed by atoms with van der Waals surface area (Å²) in [7, 11) is 0. The monoisotopic (exact) mass is 525 g/mol. The molecule has 3 nitrogen and oxygen atoms in total. The van der Waals surface area contributed by atoms with Crippen LogP contribution in [0.4, 0.5) is 5.69 Å². The second-order valence-electron chi connectivity index (χ2n) is 2.93. The standard InChI is InChI=1S/C9H7Br3INO2/c10-9(11,12)4-16-8(15)5-1-2-7(14)6(13)3-5/h1-3H,4,14H2. The average Bonchev–Trinajstić information content (AvgIpc) is 2.17. The second kappa shape index (κ2) is 6.01. The van der Waals surface area contributed by atoms with Crippen LogP contribution in [0.25, 0.3) is 0 Å². The van der Waals surface area contributed by atoms with Crippen molar-refractivity contribution in [2.45, 2.75) is 2.14 Å². The highest BCUT2D eigenvalue weighted by molar-refractivity contribution is 14.1. The van der Waals surface area contributed by atoms with Gasteiger partial charge in [-0.15, -0.1) is 0 Å². The van der Waals surface area contributed by atoms with E-state index in [1.807, 2.05) is 0 Å². The molecule has 1 rings (SSSR count). The first-order chi connectivity index (χ1) is 7.29. The summed E-state index contributed by atoms with van der Waals surface area (Å²) in [5.41, 5.74) is 6.78. The Kier molecular flexibility index (Phi) is 5.53. The van der Waals surface area contributed by atoms with Crippen LogP contribution in [-0.4, -0.2) is 14.7 Å². The summed E-state index contributed by atoms with van der Waals surface area (Å²) in [5.74, 6) is -0.388. The van der Waals surface area contributed by atoms with E-state index in [0.717, 1.165) is 3.57 Å². The molecule has 0 aliphatic heterocycles. The SMILES string of the molecule is Nc1ccc(C(=O)OCC(Br)(Br)Br)cc1I. The van der Waals surface area contributed by atoms with Crippen molar-refractivity contribution in [3.8, 4) is 0 Å². The van der Waals surface area contributed by atoms with Crippen molar-refractivity contribution in [2.24, 2.45) is 0 Å². The minimum atomic E-state index is -0.580. The zero-order valence-corrected chi connectivity index (χ0v) is 14.8. The van der Waals surface area contributed by atoms with Crippen LogP contribution in [0, 0.1) is 3.57 Å². The lowest BCUT2D eigenvalue weighted by Crippen LogP contribution is -2.16. The van der Waals surface area contributed by atoms with Crippen LogP contribution in [0.3, 0.4) is 0 Å². The van der Waals surface area contributed by atoms with Crippen LogP contribution in [-0.2, 0) is 4.74 Å². The first kappa shape index (κ1) is 14.7. The van der Waals surface area contributed by atoms with Gasteiger partial charge in [0.1, 0.15) is 6.61 Å². The third kappa shape index (κ3) is 4.89. The topological polar surface area (TPSA) is 52.3 Å². The second-order valence-corrected chi connectivity index (χ2v) is 11.3.